The van der Waals surface area contributed by atoms with Gasteiger partial charge in [-0.1, -0.05) is 0 Å². The molecular weight excluding hydrogens is 268 g/mol. The van der Waals surface area contributed by atoms with Crippen molar-refractivity contribution in [1.29, 1.82) is 0 Å². The van der Waals surface area contributed by atoms with Crippen LogP contribution in [0.4, 0.5) is 0 Å². The number of carbonyl (C=O) groups excluding carboxylic acids is 1. The number of aromatic amines is 1. The fourth-order valence-electron chi connectivity index (χ4n) is 2.40. The Labute approximate surface area is 120 Å². The molecule has 2 heterocycles. The van der Waals surface area contributed by atoms with Gasteiger partial charge in [-0.3, -0.25) is 4.79 Å². The molecule has 106 valence electrons. The SMILES string of the molecule is O=C(NCc1cncn1C1CC1)c1ccc2n[nH]nc2c1. The lowest BCUT2D eigenvalue weighted by Gasteiger charge is -2.08. The highest BCUT2D eigenvalue weighted by molar-refractivity contribution is 5.97. The second-order valence-electron chi connectivity index (χ2n) is 5.23. The number of hydrogen-bond acceptors (Lipinski definition) is 4. The summed E-state index contributed by atoms with van der Waals surface area (Å²) >= 11 is 0. The predicted molar refractivity (Wildman–Crippen MR) is 75.6 cm³/mol. The van der Waals surface area contributed by atoms with Crippen molar-refractivity contribution in [2.24, 2.45) is 0 Å². The largest absolute Gasteiger partial charge is 0.346 e. The van der Waals surface area contributed by atoms with Crippen LogP contribution in [0, 0.1) is 0 Å². The van der Waals surface area contributed by atoms with E-state index in [1.807, 2.05) is 6.33 Å². The summed E-state index contributed by atoms with van der Waals surface area (Å²) in [5.74, 6) is -0.122. The standard InChI is InChI=1S/C14H14N6O/c21-14(9-1-4-12-13(5-9)18-19-17-12)16-7-11-6-15-8-20(11)10-2-3-10/h1,4-6,8,10H,2-3,7H2,(H,16,21)(H,17,18,19). The van der Waals surface area contributed by atoms with E-state index in [-0.39, 0.29) is 5.91 Å². The van der Waals surface area contributed by atoms with Gasteiger partial charge >= 0.3 is 0 Å². The minimum Gasteiger partial charge on any atom is -0.346 e. The van der Waals surface area contributed by atoms with E-state index in [2.05, 4.69) is 30.3 Å². The molecule has 3 aromatic rings. The number of nitrogens with one attached hydrogen (secondary N) is 2. The lowest BCUT2D eigenvalue weighted by Crippen LogP contribution is -2.24. The molecule has 1 saturated carbocycles. The zero-order valence-electron chi connectivity index (χ0n) is 11.3. The summed E-state index contributed by atoms with van der Waals surface area (Å²) in [5, 5.41) is 13.4. The van der Waals surface area contributed by atoms with E-state index >= 15 is 0 Å². The van der Waals surface area contributed by atoms with E-state index in [0.29, 0.717) is 23.7 Å². The number of nitrogens with zero attached hydrogens (tertiary/aromatic N) is 4. The van der Waals surface area contributed by atoms with Crippen molar-refractivity contribution in [2.75, 3.05) is 0 Å². The minimum absolute atomic E-state index is 0.122. The summed E-state index contributed by atoms with van der Waals surface area (Å²) in [4.78, 5) is 16.4. The molecule has 7 heteroatoms. The molecule has 2 N–H and O–H groups in total. The average molecular weight is 282 g/mol. The molecule has 0 saturated heterocycles. The first-order valence-electron chi connectivity index (χ1n) is 6.91. The van der Waals surface area contributed by atoms with Gasteiger partial charge in [0.05, 0.1) is 18.6 Å². The van der Waals surface area contributed by atoms with Crippen LogP contribution >= 0.6 is 0 Å². The molecule has 0 aliphatic heterocycles. The molecule has 0 atom stereocenters. The van der Waals surface area contributed by atoms with Gasteiger partial charge in [-0.2, -0.15) is 15.4 Å². The first-order chi connectivity index (χ1) is 10.3. The molecule has 7 nitrogen and oxygen atoms in total. The van der Waals surface area contributed by atoms with Gasteiger partial charge in [0.1, 0.15) is 11.0 Å². The van der Waals surface area contributed by atoms with Gasteiger partial charge in [-0.15, -0.1) is 0 Å². The zero-order chi connectivity index (χ0) is 14.2. The van der Waals surface area contributed by atoms with Crippen LogP contribution in [0.3, 0.4) is 0 Å². The van der Waals surface area contributed by atoms with Gasteiger partial charge in [0.2, 0.25) is 0 Å². The number of imidazole rings is 1. The first-order valence-corrected chi connectivity index (χ1v) is 6.91. The van der Waals surface area contributed by atoms with E-state index < -0.39 is 0 Å². The molecule has 1 aromatic carbocycles. The monoisotopic (exact) mass is 282 g/mol. The number of amides is 1. The Kier molecular flexibility index (Phi) is 2.70. The first kappa shape index (κ1) is 12.1. The van der Waals surface area contributed by atoms with Gasteiger partial charge in [0, 0.05) is 17.8 Å². The van der Waals surface area contributed by atoms with Crippen LogP contribution in [0.25, 0.3) is 11.0 Å². The number of benzene rings is 1. The van der Waals surface area contributed by atoms with Gasteiger partial charge < -0.3 is 9.88 Å². The molecule has 1 fully saturated rings. The molecule has 1 aliphatic carbocycles. The van der Waals surface area contributed by atoms with Crippen molar-refractivity contribution in [3.8, 4) is 0 Å². The maximum atomic E-state index is 12.2. The quantitative estimate of drug-likeness (QED) is 0.757. The van der Waals surface area contributed by atoms with E-state index in [1.165, 1.54) is 12.8 Å². The van der Waals surface area contributed by atoms with Crippen molar-refractivity contribution in [2.45, 2.75) is 25.4 Å². The summed E-state index contributed by atoms with van der Waals surface area (Å²) in [6.45, 7) is 0.478. The molecule has 2 aromatic heterocycles. The fourth-order valence-corrected chi connectivity index (χ4v) is 2.40. The second-order valence-corrected chi connectivity index (χ2v) is 5.23. The maximum absolute atomic E-state index is 12.2. The molecule has 0 unspecified atom stereocenters. The van der Waals surface area contributed by atoms with E-state index in [4.69, 9.17) is 0 Å². The number of H-pyrrole nitrogens is 1. The van der Waals surface area contributed by atoms with Crippen molar-refractivity contribution in [1.82, 2.24) is 30.3 Å². The molecule has 4 rings (SSSR count). The molecule has 0 spiro atoms. The topological polar surface area (TPSA) is 88.5 Å². The smallest absolute Gasteiger partial charge is 0.251 e. The fraction of sp³-hybridized carbons (Fsp3) is 0.286. The maximum Gasteiger partial charge on any atom is 0.251 e. The van der Waals surface area contributed by atoms with Gasteiger partial charge in [0.15, 0.2) is 0 Å². The van der Waals surface area contributed by atoms with Crippen LogP contribution in [-0.2, 0) is 6.54 Å². The normalized spacial score (nSPS) is 14.5. The number of carbonyl (C=O) groups is 1. The predicted octanol–water partition coefficient (Wildman–Crippen LogP) is 1.42. The Morgan fingerprint density at radius 2 is 2.19 bits per heavy atom. The molecule has 1 aliphatic rings. The number of fused-ring (bicyclic) bond motifs is 1. The Morgan fingerprint density at radius 1 is 1.33 bits per heavy atom. The Balaban J connectivity index is 1.48. The third-order valence-electron chi connectivity index (χ3n) is 3.70. The summed E-state index contributed by atoms with van der Waals surface area (Å²) in [6, 6.07) is 5.82. The van der Waals surface area contributed by atoms with Gasteiger partial charge in [-0.25, -0.2) is 4.98 Å². The van der Waals surface area contributed by atoms with Crippen LogP contribution in [0.2, 0.25) is 0 Å². The number of hydrogen-bond donors (Lipinski definition) is 2. The van der Waals surface area contributed by atoms with Gasteiger partial charge in [-0.05, 0) is 31.0 Å². The van der Waals surface area contributed by atoms with E-state index in [0.717, 1.165) is 11.2 Å². The zero-order valence-corrected chi connectivity index (χ0v) is 11.3. The number of aromatic nitrogens is 5. The highest BCUT2D eigenvalue weighted by Crippen LogP contribution is 2.35. The second kappa shape index (κ2) is 4.69. The highest BCUT2D eigenvalue weighted by Gasteiger charge is 2.25. The Hall–Kier alpha value is -2.70. The van der Waals surface area contributed by atoms with Crippen molar-refractivity contribution in [3.63, 3.8) is 0 Å². The van der Waals surface area contributed by atoms with E-state index in [9.17, 15) is 4.79 Å². The molecular formula is C14H14N6O. The number of rotatable bonds is 4. The van der Waals surface area contributed by atoms with Gasteiger partial charge in [0.25, 0.3) is 5.91 Å². The minimum atomic E-state index is -0.122. The summed E-state index contributed by atoms with van der Waals surface area (Å²) in [6.07, 6.45) is 6.03. The third-order valence-corrected chi connectivity index (χ3v) is 3.70. The van der Waals surface area contributed by atoms with Crippen LogP contribution in [0.15, 0.2) is 30.7 Å². The molecule has 0 bridgehead atoms. The molecule has 1 amide bonds. The van der Waals surface area contributed by atoms with Crippen LogP contribution < -0.4 is 5.32 Å². The Bertz CT molecular complexity index is 801. The Morgan fingerprint density at radius 3 is 3.05 bits per heavy atom. The highest BCUT2D eigenvalue weighted by atomic mass is 16.1. The van der Waals surface area contributed by atoms with E-state index in [1.54, 1.807) is 24.4 Å². The van der Waals surface area contributed by atoms with Crippen LogP contribution in [-0.4, -0.2) is 30.9 Å². The third kappa shape index (κ3) is 2.26. The van der Waals surface area contributed by atoms with Crippen molar-refractivity contribution >= 4 is 16.9 Å². The summed E-state index contributed by atoms with van der Waals surface area (Å²) in [5.41, 5.74) is 3.05. The summed E-state index contributed by atoms with van der Waals surface area (Å²) < 4.78 is 2.14. The summed E-state index contributed by atoms with van der Waals surface area (Å²) in [7, 11) is 0. The molecule has 0 radical (unpaired) electrons. The molecule has 21 heavy (non-hydrogen) atoms. The van der Waals surface area contributed by atoms with Crippen LogP contribution in [0.1, 0.15) is 34.9 Å². The lowest BCUT2D eigenvalue weighted by atomic mass is 10.2. The van der Waals surface area contributed by atoms with Crippen molar-refractivity contribution in [3.05, 3.63) is 42.0 Å². The van der Waals surface area contributed by atoms with Crippen molar-refractivity contribution < 1.29 is 4.79 Å². The average Bonchev–Trinajstić information content (AvgIpc) is 3.06. The van der Waals surface area contributed by atoms with Crippen LogP contribution in [0.5, 0.6) is 0 Å². The lowest BCUT2D eigenvalue weighted by molar-refractivity contribution is 0.0950.